The maximum Gasteiger partial charge on any atom is 0.341 e. The van der Waals surface area contributed by atoms with Gasteiger partial charge in [-0.25, -0.2) is 21.6 Å². The average molecular weight is 491 g/mol. The Morgan fingerprint density at radius 3 is 2.29 bits per heavy atom. The molecule has 0 amide bonds. The van der Waals surface area contributed by atoms with Crippen molar-refractivity contribution in [3.63, 3.8) is 0 Å². The number of hydrogen-bond donors (Lipinski definition) is 2. The van der Waals surface area contributed by atoms with Gasteiger partial charge in [0.15, 0.2) is 6.61 Å². The molecule has 0 spiro atoms. The topological polar surface area (TPSA) is 130 Å². The van der Waals surface area contributed by atoms with Crippen LogP contribution in [0.3, 0.4) is 0 Å². The first kappa shape index (κ1) is 24.9. The highest BCUT2D eigenvalue weighted by Gasteiger charge is 2.25. The van der Waals surface area contributed by atoms with Gasteiger partial charge < -0.3 is 9.84 Å². The van der Waals surface area contributed by atoms with E-state index in [9.17, 15) is 21.6 Å². The summed E-state index contributed by atoms with van der Waals surface area (Å²) in [5.74, 6) is -0.920. The Morgan fingerprint density at radius 2 is 1.74 bits per heavy atom. The minimum atomic E-state index is -4.06. The summed E-state index contributed by atoms with van der Waals surface area (Å²) in [7, 11) is -7.96. The summed E-state index contributed by atoms with van der Waals surface area (Å²) in [6.45, 7) is 4.87. The number of anilines is 1. The van der Waals surface area contributed by atoms with Gasteiger partial charge in [-0.15, -0.1) is 0 Å². The number of carboxylic acids is 1. The lowest BCUT2D eigenvalue weighted by Gasteiger charge is -2.20. The van der Waals surface area contributed by atoms with E-state index in [-0.39, 0.29) is 39.3 Å². The molecule has 0 unspecified atom stereocenters. The van der Waals surface area contributed by atoms with Gasteiger partial charge >= 0.3 is 5.97 Å². The van der Waals surface area contributed by atoms with E-state index in [1.165, 1.54) is 40.7 Å². The maximum atomic E-state index is 12.8. The molecule has 0 fully saturated rings. The molecule has 0 aliphatic heterocycles. The lowest BCUT2D eigenvalue weighted by molar-refractivity contribution is -0.139. The summed E-state index contributed by atoms with van der Waals surface area (Å²) < 4.78 is 59.8. The molecule has 12 heteroatoms. The molecule has 0 saturated carbocycles. The molecule has 0 heterocycles. The van der Waals surface area contributed by atoms with E-state index in [0.29, 0.717) is 5.56 Å². The summed E-state index contributed by atoms with van der Waals surface area (Å²) in [4.78, 5) is 10.3. The van der Waals surface area contributed by atoms with E-state index in [1.54, 1.807) is 20.8 Å². The van der Waals surface area contributed by atoms with Crippen molar-refractivity contribution in [1.82, 2.24) is 4.31 Å². The average Bonchev–Trinajstić information content (AvgIpc) is 2.68. The van der Waals surface area contributed by atoms with Crippen molar-refractivity contribution in [2.45, 2.75) is 30.6 Å². The molecule has 0 bridgehead atoms. The summed E-state index contributed by atoms with van der Waals surface area (Å²) in [5, 5.41) is 8.67. The van der Waals surface area contributed by atoms with Crippen LogP contribution in [0, 0.1) is 6.92 Å². The zero-order valence-electron chi connectivity index (χ0n) is 17.1. The third-order valence-electron chi connectivity index (χ3n) is 4.31. The fourth-order valence-corrected chi connectivity index (χ4v) is 5.86. The number of carboxylic acid groups (broad SMARTS) is 1. The number of aryl methyl sites for hydroxylation is 1. The third kappa shape index (κ3) is 5.88. The minimum absolute atomic E-state index is 0.0226. The SMILES string of the molecule is CCN(CC)S(=O)(=O)c1cc(NS(=O)(=O)c2ccc(OCC(=O)O)c(C)c2)ccc1Cl. The molecule has 0 radical (unpaired) electrons. The Labute approximate surface area is 186 Å². The molecule has 2 rings (SSSR count). The number of carbonyl (C=O) groups is 1. The molecule has 2 N–H and O–H groups in total. The zero-order valence-corrected chi connectivity index (χ0v) is 19.5. The molecular formula is C19H23ClN2O7S2. The first-order chi connectivity index (χ1) is 14.4. The third-order valence-corrected chi connectivity index (χ3v) is 8.22. The second-order valence-corrected chi connectivity index (χ2v) is 10.4. The van der Waals surface area contributed by atoms with E-state index >= 15 is 0 Å². The van der Waals surface area contributed by atoms with E-state index in [1.807, 2.05) is 0 Å². The smallest absolute Gasteiger partial charge is 0.341 e. The van der Waals surface area contributed by atoms with Gasteiger partial charge in [0, 0.05) is 13.1 Å². The van der Waals surface area contributed by atoms with Gasteiger partial charge in [0.25, 0.3) is 10.0 Å². The van der Waals surface area contributed by atoms with Gasteiger partial charge in [-0.05, 0) is 48.9 Å². The van der Waals surface area contributed by atoms with E-state index in [0.717, 1.165) is 0 Å². The van der Waals surface area contributed by atoms with E-state index in [4.69, 9.17) is 21.4 Å². The van der Waals surface area contributed by atoms with Crippen LogP contribution in [-0.4, -0.2) is 51.9 Å². The number of aliphatic carboxylic acids is 1. The van der Waals surface area contributed by atoms with Crippen molar-refractivity contribution in [3.05, 3.63) is 47.0 Å². The van der Waals surface area contributed by atoms with Crippen molar-refractivity contribution >= 4 is 43.3 Å². The zero-order chi connectivity index (χ0) is 23.4. The second kappa shape index (κ2) is 9.86. The standard InChI is InChI=1S/C19H23ClN2O7S2/c1-4-22(5-2)31(27,28)18-11-14(6-8-16(18)20)21-30(25,26)15-7-9-17(13(3)10-15)29-12-19(23)24/h6-11,21H,4-5,12H2,1-3H3,(H,23,24). The van der Waals surface area contributed by atoms with Crippen LogP contribution in [-0.2, 0) is 24.8 Å². The molecule has 0 aromatic heterocycles. The number of sulfonamides is 2. The number of benzene rings is 2. The number of nitrogens with zero attached hydrogens (tertiary/aromatic N) is 1. The van der Waals surface area contributed by atoms with Crippen molar-refractivity contribution < 1.29 is 31.5 Å². The number of halogens is 1. The number of nitrogens with one attached hydrogen (secondary N) is 1. The normalized spacial score (nSPS) is 12.0. The van der Waals surface area contributed by atoms with E-state index < -0.39 is 32.6 Å². The Kier molecular flexibility index (Phi) is 7.93. The van der Waals surface area contributed by atoms with Crippen LogP contribution < -0.4 is 9.46 Å². The van der Waals surface area contributed by atoms with Crippen LogP contribution in [0.5, 0.6) is 5.75 Å². The largest absolute Gasteiger partial charge is 0.482 e. The predicted molar refractivity (Wildman–Crippen MR) is 117 cm³/mol. The first-order valence-corrected chi connectivity index (χ1v) is 12.5. The molecule has 2 aromatic rings. The van der Waals surface area contributed by atoms with Crippen molar-refractivity contribution in [3.8, 4) is 5.75 Å². The molecule has 0 saturated heterocycles. The molecule has 0 aliphatic carbocycles. The van der Waals surface area contributed by atoms with Gasteiger partial charge in [-0.1, -0.05) is 25.4 Å². The van der Waals surface area contributed by atoms with Gasteiger partial charge in [0.2, 0.25) is 10.0 Å². The molecule has 31 heavy (non-hydrogen) atoms. The van der Waals surface area contributed by atoms with Crippen LogP contribution in [0.15, 0.2) is 46.2 Å². The minimum Gasteiger partial charge on any atom is -0.482 e. The highest BCUT2D eigenvalue weighted by Crippen LogP contribution is 2.29. The Morgan fingerprint density at radius 1 is 1.10 bits per heavy atom. The summed E-state index contributed by atoms with van der Waals surface area (Å²) >= 11 is 6.08. The summed E-state index contributed by atoms with van der Waals surface area (Å²) in [6, 6.07) is 7.77. The summed E-state index contributed by atoms with van der Waals surface area (Å²) in [6.07, 6.45) is 0. The first-order valence-electron chi connectivity index (χ1n) is 9.20. The lowest BCUT2D eigenvalue weighted by atomic mass is 10.2. The van der Waals surface area contributed by atoms with E-state index in [2.05, 4.69) is 4.72 Å². The monoisotopic (exact) mass is 490 g/mol. The predicted octanol–water partition coefficient (Wildman–Crippen LogP) is 2.94. The van der Waals surface area contributed by atoms with Gasteiger partial charge in [0.05, 0.1) is 15.6 Å². The van der Waals surface area contributed by atoms with Gasteiger partial charge in [0.1, 0.15) is 10.6 Å². The lowest BCUT2D eigenvalue weighted by Crippen LogP contribution is -2.30. The maximum absolute atomic E-state index is 12.8. The fraction of sp³-hybridized carbons (Fsp3) is 0.316. The van der Waals surface area contributed by atoms with Gasteiger partial charge in [-0.2, -0.15) is 4.31 Å². The Hall–Kier alpha value is -2.34. The number of rotatable bonds is 10. The number of hydrogen-bond acceptors (Lipinski definition) is 6. The van der Waals surface area contributed by atoms with Gasteiger partial charge in [-0.3, -0.25) is 4.72 Å². The van der Waals surface area contributed by atoms with Crippen LogP contribution >= 0.6 is 11.6 Å². The Bertz CT molecular complexity index is 1180. The Balaban J connectivity index is 2.36. The van der Waals surface area contributed by atoms with Crippen LogP contribution in [0.2, 0.25) is 5.02 Å². The molecule has 2 aromatic carbocycles. The van der Waals surface area contributed by atoms with Crippen molar-refractivity contribution in [2.75, 3.05) is 24.4 Å². The second-order valence-electron chi connectivity index (χ2n) is 6.45. The molecule has 0 aliphatic rings. The molecule has 0 atom stereocenters. The van der Waals surface area contributed by atoms with Crippen molar-refractivity contribution in [1.29, 1.82) is 0 Å². The number of ether oxygens (including phenoxy) is 1. The fourth-order valence-electron chi connectivity index (χ4n) is 2.77. The van der Waals surface area contributed by atoms with Crippen LogP contribution in [0.1, 0.15) is 19.4 Å². The van der Waals surface area contributed by atoms with Crippen LogP contribution in [0.4, 0.5) is 5.69 Å². The molecule has 170 valence electrons. The quantitative estimate of drug-likeness (QED) is 0.523. The summed E-state index contributed by atoms with van der Waals surface area (Å²) in [5.41, 5.74) is 0.448. The molecular weight excluding hydrogens is 468 g/mol. The molecule has 9 nitrogen and oxygen atoms in total. The highest BCUT2D eigenvalue weighted by molar-refractivity contribution is 7.92. The van der Waals surface area contributed by atoms with Crippen LogP contribution in [0.25, 0.3) is 0 Å². The highest BCUT2D eigenvalue weighted by atomic mass is 35.5. The van der Waals surface area contributed by atoms with Crippen molar-refractivity contribution in [2.24, 2.45) is 0 Å².